The van der Waals surface area contributed by atoms with Crippen LogP contribution in [0.15, 0.2) is 0 Å². The largest absolute Gasteiger partial charge is 0.345 e. The summed E-state index contributed by atoms with van der Waals surface area (Å²) < 4.78 is 0. The van der Waals surface area contributed by atoms with Crippen LogP contribution >= 0.6 is 0 Å². The third-order valence-corrected chi connectivity index (χ3v) is 2.20. The molecule has 1 aromatic rings. The molecule has 3 nitrogen and oxygen atoms in total. The Morgan fingerprint density at radius 1 is 1.36 bits per heavy atom. The van der Waals surface area contributed by atoms with Crippen LogP contribution in [0.1, 0.15) is 30.1 Å². The topological polar surface area (TPSA) is 54.7 Å². The highest BCUT2D eigenvalue weighted by Crippen LogP contribution is 2.18. The number of aromatic amines is 1. The van der Waals surface area contributed by atoms with Crippen LogP contribution < -0.4 is 5.73 Å². The SMILES string of the molecule is NCc1nc2c([nH]1)CCCC2. The first kappa shape index (κ1) is 6.85. The molecule has 1 aromatic heterocycles. The number of H-pyrrole nitrogens is 1. The van der Waals surface area contributed by atoms with Crippen LogP contribution in [0, 0.1) is 0 Å². The molecule has 0 bridgehead atoms. The van der Waals surface area contributed by atoms with Gasteiger partial charge in [-0.25, -0.2) is 4.98 Å². The van der Waals surface area contributed by atoms with Crippen LogP contribution in [0.2, 0.25) is 0 Å². The van der Waals surface area contributed by atoms with E-state index in [4.69, 9.17) is 5.73 Å². The first-order valence-corrected chi connectivity index (χ1v) is 4.17. The van der Waals surface area contributed by atoms with E-state index in [0.29, 0.717) is 6.54 Å². The van der Waals surface area contributed by atoms with Crippen molar-refractivity contribution < 1.29 is 0 Å². The van der Waals surface area contributed by atoms with Crippen LogP contribution in [0.5, 0.6) is 0 Å². The number of aryl methyl sites for hydroxylation is 2. The maximum absolute atomic E-state index is 5.47. The van der Waals surface area contributed by atoms with Crippen molar-refractivity contribution >= 4 is 0 Å². The second-order valence-corrected chi connectivity index (χ2v) is 3.02. The van der Waals surface area contributed by atoms with E-state index in [1.165, 1.54) is 24.2 Å². The highest BCUT2D eigenvalue weighted by Gasteiger charge is 2.12. The Labute approximate surface area is 66.0 Å². The molecule has 0 saturated carbocycles. The first-order chi connectivity index (χ1) is 5.40. The van der Waals surface area contributed by atoms with Gasteiger partial charge in [0.2, 0.25) is 0 Å². The molecule has 1 aliphatic rings. The zero-order valence-corrected chi connectivity index (χ0v) is 6.56. The van der Waals surface area contributed by atoms with Gasteiger partial charge in [0.05, 0.1) is 12.2 Å². The van der Waals surface area contributed by atoms with E-state index in [1.807, 2.05) is 0 Å². The number of nitrogens with two attached hydrogens (primary N) is 1. The van der Waals surface area contributed by atoms with Gasteiger partial charge in [-0.05, 0) is 25.7 Å². The van der Waals surface area contributed by atoms with Crippen molar-refractivity contribution in [3.63, 3.8) is 0 Å². The van der Waals surface area contributed by atoms with Crippen molar-refractivity contribution in [3.05, 3.63) is 17.2 Å². The molecule has 1 heterocycles. The van der Waals surface area contributed by atoms with E-state index >= 15 is 0 Å². The molecule has 0 fully saturated rings. The fourth-order valence-electron chi connectivity index (χ4n) is 1.61. The first-order valence-electron chi connectivity index (χ1n) is 4.17. The van der Waals surface area contributed by atoms with Gasteiger partial charge >= 0.3 is 0 Å². The van der Waals surface area contributed by atoms with E-state index < -0.39 is 0 Å². The smallest absolute Gasteiger partial charge is 0.120 e. The summed E-state index contributed by atoms with van der Waals surface area (Å²) in [5.41, 5.74) is 8.03. The van der Waals surface area contributed by atoms with Gasteiger partial charge in [-0.3, -0.25) is 0 Å². The Bertz CT molecular complexity index is 228. The molecule has 0 radical (unpaired) electrons. The van der Waals surface area contributed by atoms with Crippen molar-refractivity contribution in [2.45, 2.75) is 32.2 Å². The lowest BCUT2D eigenvalue weighted by Gasteiger charge is -2.07. The summed E-state index contributed by atoms with van der Waals surface area (Å²) in [6.07, 6.45) is 4.86. The van der Waals surface area contributed by atoms with Crippen LogP contribution in [0.25, 0.3) is 0 Å². The Morgan fingerprint density at radius 3 is 2.91 bits per heavy atom. The third kappa shape index (κ3) is 1.16. The summed E-state index contributed by atoms with van der Waals surface area (Å²) in [6.45, 7) is 0.535. The molecular formula is C8H13N3. The second-order valence-electron chi connectivity index (χ2n) is 3.02. The molecule has 0 unspecified atom stereocenters. The van der Waals surface area contributed by atoms with Gasteiger partial charge in [0.25, 0.3) is 0 Å². The van der Waals surface area contributed by atoms with E-state index in [-0.39, 0.29) is 0 Å². The Kier molecular flexibility index (Phi) is 1.66. The van der Waals surface area contributed by atoms with Gasteiger partial charge in [0.1, 0.15) is 5.82 Å². The number of nitrogens with one attached hydrogen (secondary N) is 1. The highest BCUT2D eigenvalue weighted by molar-refractivity contribution is 5.17. The predicted molar refractivity (Wildman–Crippen MR) is 43.1 cm³/mol. The summed E-state index contributed by atoms with van der Waals surface area (Å²) in [7, 11) is 0. The summed E-state index contributed by atoms with van der Waals surface area (Å²) in [6, 6.07) is 0. The molecule has 3 N–H and O–H groups in total. The second kappa shape index (κ2) is 2.66. The number of fused-ring (bicyclic) bond motifs is 1. The molecule has 3 heteroatoms. The summed E-state index contributed by atoms with van der Waals surface area (Å²) in [4.78, 5) is 7.64. The highest BCUT2D eigenvalue weighted by atomic mass is 15.0. The number of nitrogens with zero attached hydrogens (tertiary/aromatic N) is 1. The zero-order valence-electron chi connectivity index (χ0n) is 6.56. The van der Waals surface area contributed by atoms with Crippen LogP contribution in [0.3, 0.4) is 0 Å². The zero-order chi connectivity index (χ0) is 7.68. The number of hydrogen-bond donors (Lipinski definition) is 2. The van der Waals surface area contributed by atoms with Crippen molar-refractivity contribution in [3.8, 4) is 0 Å². The fraction of sp³-hybridized carbons (Fsp3) is 0.625. The molecule has 11 heavy (non-hydrogen) atoms. The molecule has 0 aromatic carbocycles. The third-order valence-electron chi connectivity index (χ3n) is 2.20. The van der Waals surface area contributed by atoms with Gasteiger partial charge < -0.3 is 10.7 Å². The molecular weight excluding hydrogens is 138 g/mol. The molecule has 60 valence electrons. The molecule has 0 spiro atoms. The number of imidazole rings is 1. The molecule has 1 aliphatic carbocycles. The molecule has 0 amide bonds. The molecule has 0 aliphatic heterocycles. The lowest BCUT2D eigenvalue weighted by atomic mass is 10.0. The predicted octanol–water partition coefficient (Wildman–Crippen LogP) is 0.747. The minimum atomic E-state index is 0.535. The normalized spacial score (nSPS) is 16.5. The Balaban J connectivity index is 2.32. The van der Waals surface area contributed by atoms with Crippen molar-refractivity contribution in [1.29, 1.82) is 0 Å². The van der Waals surface area contributed by atoms with Crippen LogP contribution in [-0.4, -0.2) is 9.97 Å². The van der Waals surface area contributed by atoms with Crippen LogP contribution in [-0.2, 0) is 19.4 Å². The maximum atomic E-state index is 5.47. The average Bonchev–Trinajstić information content (AvgIpc) is 2.46. The summed E-state index contributed by atoms with van der Waals surface area (Å²) in [5, 5.41) is 0. The van der Waals surface area contributed by atoms with Gasteiger partial charge in [-0.2, -0.15) is 0 Å². The molecule has 0 saturated heterocycles. The number of rotatable bonds is 1. The fourth-order valence-corrected chi connectivity index (χ4v) is 1.61. The van der Waals surface area contributed by atoms with Crippen molar-refractivity contribution in [1.82, 2.24) is 9.97 Å². The number of hydrogen-bond acceptors (Lipinski definition) is 2. The maximum Gasteiger partial charge on any atom is 0.120 e. The monoisotopic (exact) mass is 151 g/mol. The van der Waals surface area contributed by atoms with Gasteiger partial charge in [0, 0.05) is 5.69 Å². The van der Waals surface area contributed by atoms with E-state index in [0.717, 1.165) is 18.7 Å². The lowest BCUT2D eigenvalue weighted by Crippen LogP contribution is -2.00. The van der Waals surface area contributed by atoms with E-state index in [1.54, 1.807) is 0 Å². The van der Waals surface area contributed by atoms with Gasteiger partial charge in [-0.15, -0.1) is 0 Å². The lowest BCUT2D eigenvalue weighted by molar-refractivity contribution is 0.667. The molecule has 2 rings (SSSR count). The summed E-state index contributed by atoms with van der Waals surface area (Å²) >= 11 is 0. The quantitative estimate of drug-likeness (QED) is 0.622. The Morgan fingerprint density at radius 2 is 2.18 bits per heavy atom. The minimum absolute atomic E-state index is 0.535. The Hall–Kier alpha value is -0.830. The summed E-state index contributed by atoms with van der Waals surface area (Å²) in [5.74, 6) is 0.942. The van der Waals surface area contributed by atoms with Crippen molar-refractivity contribution in [2.75, 3.05) is 0 Å². The average molecular weight is 151 g/mol. The molecule has 0 atom stereocenters. The van der Waals surface area contributed by atoms with Gasteiger partial charge in [-0.1, -0.05) is 0 Å². The van der Waals surface area contributed by atoms with Gasteiger partial charge in [0.15, 0.2) is 0 Å². The minimum Gasteiger partial charge on any atom is -0.345 e. The number of aromatic nitrogens is 2. The standard InChI is InChI=1S/C8H13N3/c9-5-8-10-6-3-1-2-4-7(6)11-8/h1-5,9H2,(H,10,11). The van der Waals surface area contributed by atoms with E-state index in [9.17, 15) is 0 Å². The van der Waals surface area contributed by atoms with E-state index in [2.05, 4.69) is 9.97 Å². The van der Waals surface area contributed by atoms with Crippen LogP contribution in [0.4, 0.5) is 0 Å². The van der Waals surface area contributed by atoms with Crippen molar-refractivity contribution in [2.24, 2.45) is 5.73 Å².